The number of hydrogen-bond donors (Lipinski definition) is 1. The van der Waals surface area contributed by atoms with Crippen molar-refractivity contribution in [1.29, 1.82) is 0 Å². The van der Waals surface area contributed by atoms with Crippen LogP contribution in [0.25, 0.3) is 0 Å². The van der Waals surface area contributed by atoms with Crippen molar-refractivity contribution in [2.75, 3.05) is 39.2 Å². The van der Waals surface area contributed by atoms with Crippen molar-refractivity contribution >= 4 is 11.6 Å². The minimum Gasteiger partial charge on any atom is -0.496 e. The molecule has 0 atom stereocenters. The van der Waals surface area contributed by atoms with Gasteiger partial charge in [0.25, 0.3) is 0 Å². The second kappa shape index (κ2) is 10.6. The van der Waals surface area contributed by atoms with Crippen LogP contribution >= 0.6 is 0 Å². The van der Waals surface area contributed by atoms with Gasteiger partial charge in [0.15, 0.2) is 11.5 Å². The van der Waals surface area contributed by atoms with Crippen LogP contribution in [-0.4, -0.2) is 44.7 Å². The number of carbonyl (C=O) groups excluding carboxylic acids is 1. The molecule has 0 aromatic heterocycles. The van der Waals surface area contributed by atoms with Crippen LogP contribution in [0.3, 0.4) is 0 Å². The molecule has 0 unspecified atom stereocenters. The summed E-state index contributed by atoms with van der Waals surface area (Å²) in [6.45, 7) is 7.83. The number of ether oxygens (including phenoxy) is 3. The van der Waals surface area contributed by atoms with Crippen LogP contribution in [0.2, 0.25) is 0 Å². The van der Waals surface area contributed by atoms with Gasteiger partial charge >= 0.3 is 0 Å². The molecule has 0 radical (unpaired) electrons. The fourth-order valence-electron chi connectivity index (χ4n) is 2.95. The van der Waals surface area contributed by atoms with E-state index in [-0.39, 0.29) is 12.5 Å². The molecule has 2 aromatic carbocycles. The molecule has 0 aliphatic rings. The molecule has 0 saturated heterocycles. The first-order valence-electron chi connectivity index (χ1n) is 9.48. The third-order valence-electron chi connectivity index (χ3n) is 4.12. The predicted molar refractivity (Wildman–Crippen MR) is 111 cm³/mol. The van der Waals surface area contributed by atoms with Gasteiger partial charge in [-0.15, -0.1) is 0 Å². The molecule has 0 spiro atoms. The first-order valence-corrected chi connectivity index (χ1v) is 9.48. The van der Waals surface area contributed by atoms with Crippen molar-refractivity contribution in [3.05, 3.63) is 47.5 Å². The van der Waals surface area contributed by atoms with Crippen LogP contribution in [0, 0.1) is 6.92 Å². The van der Waals surface area contributed by atoms with Crippen molar-refractivity contribution in [2.45, 2.75) is 27.3 Å². The molecule has 0 aliphatic heterocycles. The minimum atomic E-state index is -0.0965. The van der Waals surface area contributed by atoms with E-state index in [0.29, 0.717) is 36.9 Å². The SMILES string of the molecule is CCOc1ccc(NC(=O)CN(C)Cc2cc(C)ccc2OC)cc1OCC. The third kappa shape index (κ3) is 6.16. The molecule has 0 bridgehead atoms. The van der Waals surface area contributed by atoms with Crippen LogP contribution in [0.5, 0.6) is 17.2 Å². The van der Waals surface area contributed by atoms with Crippen LogP contribution in [-0.2, 0) is 11.3 Å². The molecular formula is C22H30N2O4. The van der Waals surface area contributed by atoms with Gasteiger partial charge in [-0.2, -0.15) is 0 Å². The lowest BCUT2D eigenvalue weighted by atomic mass is 10.1. The maximum absolute atomic E-state index is 12.5. The fourth-order valence-corrected chi connectivity index (χ4v) is 2.95. The Labute approximate surface area is 167 Å². The lowest BCUT2D eigenvalue weighted by Crippen LogP contribution is -2.30. The highest BCUT2D eigenvalue weighted by Gasteiger charge is 2.12. The molecular weight excluding hydrogens is 356 g/mol. The summed E-state index contributed by atoms with van der Waals surface area (Å²) < 4.78 is 16.6. The molecule has 0 heterocycles. The van der Waals surface area contributed by atoms with E-state index in [1.165, 1.54) is 0 Å². The van der Waals surface area contributed by atoms with E-state index in [0.717, 1.165) is 16.9 Å². The van der Waals surface area contributed by atoms with Gasteiger partial charge in [0.05, 0.1) is 26.9 Å². The summed E-state index contributed by atoms with van der Waals surface area (Å²) in [5.41, 5.74) is 2.89. The quantitative estimate of drug-likeness (QED) is 0.672. The van der Waals surface area contributed by atoms with Crippen LogP contribution in [0.15, 0.2) is 36.4 Å². The van der Waals surface area contributed by atoms with E-state index in [1.807, 2.05) is 57.0 Å². The molecule has 0 fully saturated rings. The lowest BCUT2D eigenvalue weighted by molar-refractivity contribution is -0.117. The molecule has 6 nitrogen and oxygen atoms in total. The summed E-state index contributed by atoms with van der Waals surface area (Å²) in [5, 5.41) is 2.92. The molecule has 2 aromatic rings. The molecule has 1 N–H and O–H groups in total. The fraction of sp³-hybridized carbons (Fsp3) is 0.409. The summed E-state index contributed by atoms with van der Waals surface area (Å²) in [4.78, 5) is 14.4. The van der Waals surface area contributed by atoms with Gasteiger partial charge in [-0.05, 0) is 46.0 Å². The Bertz CT molecular complexity index is 792. The van der Waals surface area contributed by atoms with Gasteiger partial charge < -0.3 is 19.5 Å². The number of hydrogen-bond acceptors (Lipinski definition) is 5. The zero-order valence-corrected chi connectivity index (χ0v) is 17.4. The highest BCUT2D eigenvalue weighted by Crippen LogP contribution is 2.30. The molecule has 0 aliphatic carbocycles. The Balaban J connectivity index is 1.99. The van der Waals surface area contributed by atoms with E-state index in [9.17, 15) is 4.79 Å². The average Bonchev–Trinajstić information content (AvgIpc) is 2.64. The number of methoxy groups -OCH3 is 1. The van der Waals surface area contributed by atoms with Gasteiger partial charge in [0.2, 0.25) is 5.91 Å². The highest BCUT2D eigenvalue weighted by molar-refractivity contribution is 5.92. The number of carbonyl (C=O) groups is 1. The molecule has 28 heavy (non-hydrogen) atoms. The average molecular weight is 386 g/mol. The Morgan fingerprint density at radius 2 is 1.68 bits per heavy atom. The summed E-state index contributed by atoms with van der Waals surface area (Å²) in [6, 6.07) is 11.5. The number of anilines is 1. The third-order valence-corrected chi connectivity index (χ3v) is 4.12. The zero-order valence-electron chi connectivity index (χ0n) is 17.4. The first kappa shape index (κ1) is 21.6. The number of nitrogens with one attached hydrogen (secondary N) is 1. The van der Waals surface area contributed by atoms with Gasteiger partial charge in [-0.1, -0.05) is 17.7 Å². The number of likely N-dealkylation sites (N-methyl/N-ethyl adjacent to an activating group) is 1. The standard InChI is InChI=1S/C22H30N2O4/c1-6-27-20-11-9-18(13-21(20)28-7-2)23-22(25)15-24(4)14-17-12-16(3)8-10-19(17)26-5/h8-13H,6-7,14-15H2,1-5H3,(H,23,25). The second-order valence-electron chi connectivity index (χ2n) is 6.56. The monoisotopic (exact) mass is 386 g/mol. The molecule has 1 amide bonds. The zero-order chi connectivity index (χ0) is 20.5. The number of amides is 1. The number of rotatable bonds is 10. The molecule has 2 rings (SSSR count). The number of nitrogens with zero attached hydrogens (tertiary/aromatic N) is 1. The molecule has 152 valence electrons. The van der Waals surface area contributed by atoms with Crippen LogP contribution in [0.4, 0.5) is 5.69 Å². The number of benzene rings is 2. The minimum absolute atomic E-state index is 0.0965. The van der Waals surface area contributed by atoms with Gasteiger partial charge in [-0.3, -0.25) is 9.69 Å². The normalized spacial score (nSPS) is 10.6. The summed E-state index contributed by atoms with van der Waals surface area (Å²) in [6.07, 6.45) is 0. The van der Waals surface area contributed by atoms with Gasteiger partial charge in [0.1, 0.15) is 5.75 Å². The van der Waals surface area contributed by atoms with E-state index in [2.05, 4.69) is 11.4 Å². The Hall–Kier alpha value is -2.73. The smallest absolute Gasteiger partial charge is 0.238 e. The van der Waals surface area contributed by atoms with E-state index < -0.39 is 0 Å². The first-order chi connectivity index (χ1) is 13.5. The maximum atomic E-state index is 12.5. The van der Waals surface area contributed by atoms with E-state index >= 15 is 0 Å². The van der Waals surface area contributed by atoms with Crippen molar-refractivity contribution in [1.82, 2.24) is 4.90 Å². The van der Waals surface area contributed by atoms with Crippen molar-refractivity contribution in [2.24, 2.45) is 0 Å². The molecule has 0 saturated carbocycles. The maximum Gasteiger partial charge on any atom is 0.238 e. The lowest BCUT2D eigenvalue weighted by Gasteiger charge is -2.19. The summed E-state index contributed by atoms with van der Waals surface area (Å²) >= 11 is 0. The van der Waals surface area contributed by atoms with E-state index in [4.69, 9.17) is 14.2 Å². The van der Waals surface area contributed by atoms with Gasteiger partial charge in [-0.25, -0.2) is 0 Å². The van der Waals surface area contributed by atoms with Crippen molar-refractivity contribution < 1.29 is 19.0 Å². The van der Waals surface area contributed by atoms with Crippen LogP contribution in [0.1, 0.15) is 25.0 Å². The van der Waals surface area contributed by atoms with Crippen molar-refractivity contribution in [3.8, 4) is 17.2 Å². The second-order valence-corrected chi connectivity index (χ2v) is 6.56. The number of aryl methyl sites for hydroxylation is 1. The van der Waals surface area contributed by atoms with Gasteiger partial charge in [0, 0.05) is 23.9 Å². The Morgan fingerprint density at radius 1 is 1.00 bits per heavy atom. The predicted octanol–water partition coefficient (Wildman–Crippen LogP) is 3.87. The highest BCUT2D eigenvalue weighted by atomic mass is 16.5. The largest absolute Gasteiger partial charge is 0.496 e. The Morgan fingerprint density at radius 3 is 2.36 bits per heavy atom. The summed E-state index contributed by atoms with van der Waals surface area (Å²) in [7, 11) is 3.56. The Kier molecular flexibility index (Phi) is 8.14. The summed E-state index contributed by atoms with van der Waals surface area (Å²) in [5.74, 6) is 2.03. The van der Waals surface area contributed by atoms with Crippen LogP contribution < -0.4 is 19.5 Å². The molecule has 6 heteroatoms. The topological polar surface area (TPSA) is 60.0 Å². The van der Waals surface area contributed by atoms with Crippen molar-refractivity contribution in [3.63, 3.8) is 0 Å². The van der Waals surface area contributed by atoms with E-state index in [1.54, 1.807) is 13.2 Å².